The van der Waals surface area contributed by atoms with Gasteiger partial charge in [-0.05, 0) is 93.9 Å². The predicted molar refractivity (Wildman–Crippen MR) is 132 cm³/mol. The van der Waals surface area contributed by atoms with E-state index in [9.17, 15) is 10.2 Å². The summed E-state index contributed by atoms with van der Waals surface area (Å²) < 4.78 is 6.16. The number of hydrogen-bond donors (Lipinski definition) is 5. The Morgan fingerprint density at radius 3 is 2.79 bits per heavy atom. The molecule has 0 radical (unpaired) electrons. The Labute approximate surface area is 203 Å². The van der Waals surface area contributed by atoms with Gasteiger partial charge in [-0.2, -0.15) is 5.10 Å². The molecule has 6 N–H and O–H groups in total. The Hall–Kier alpha value is -1.48. The van der Waals surface area contributed by atoms with E-state index in [1.54, 1.807) is 18.6 Å². The van der Waals surface area contributed by atoms with E-state index in [0.29, 0.717) is 43.3 Å². The van der Waals surface area contributed by atoms with Crippen molar-refractivity contribution in [3.8, 4) is 0 Å². The molecular weight excluding hydrogens is 430 g/mol. The molecule has 0 aromatic carbocycles. The second kappa shape index (κ2) is 8.87. The number of nitrogens with one attached hydrogen (secondary N) is 2. The minimum absolute atomic E-state index is 0.225. The molecule has 4 saturated carbocycles. The minimum Gasteiger partial charge on any atom is -0.389 e. The third-order valence-corrected chi connectivity index (χ3v) is 10.7. The number of hydrogen-bond acceptors (Lipinski definition) is 7. The Kier molecular flexibility index (Phi) is 6.32. The number of aromatic amines is 1. The third-order valence-electron chi connectivity index (χ3n) is 10.7. The minimum atomic E-state index is -1.14. The molecule has 1 aromatic heterocycles. The van der Waals surface area contributed by atoms with Gasteiger partial charge in [-0.15, -0.1) is 0 Å². The van der Waals surface area contributed by atoms with Crippen LogP contribution < -0.4 is 11.2 Å². The van der Waals surface area contributed by atoms with Crippen LogP contribution in [0.3, 0.4) is 0 Å². The molecule has 8 nitrogen and oxygen atoms in total. The highest BCUT2D eigenvalue weighted by atomic mass is 16.5. The molecule has 0 bridgehead atoms. The molecule has 1 aromatic rings. The SMILES string of the molecule is C[C@]12CC[C@H](OCCCN)C[C@H]1CC[C@@H]1[C@@H]2CC[C@]2(C)[C@@](O)(/C=N/Nc3ncc[nH]3)CC[C@]12O. The zero-order valence-corrected chi connectivity index (χ0v) is 20.8. The van der Waals surface area contributed by atoms with Gasteiger partial charge in [-0.25, -0.2) is 10.4 Å². The molecule has 4 aliphatic carbocycles. The molecule has 0 spiro atoms. The van der Waals surface area contributed by atoms with Gasteiger partial charge >= 0.3 is 0 Å². The van der Waals surface area contributed by atoms with Gasteiger partial charge in [-0.1, -0.05) is 13.8 Å². The standard InChI is InChI=1S/C26H43N5O3/c1-23-8-6-19(34-15-3-12-27)16-18(23)4-5-21-20(23)7-9-24(2)25(32,10-11-26(21,24)33)17-30-31-22-28-13-14-29-22/h13-14,17-21,32-33H,3-12,15-16,27H2,1-2H3,(H2,28,29,31)/b30-17+/t18-,19+,20+,21-,23+,24-,25+,26+/m1/s1. The topological polar surface area (TPSA) is 129 Å². The summed E-state index contributed by atoms with van der Waals surface area (Å²) in [6.07, 6.45) is 14.9. The first kappa shape index (κ1) is 24.2. The molecule has 5 rings (SSSR count). The van der Waals surface area contributed by atoms with Crippen LogP contribution in [0.1, 0.15) is 78.1 Å². The number of fused-ring (bicyclic) bond motifs is 5. The molecule has 8 atom stereocenters. The molecule has 190 valence electrons. The van der Waals surface area contributed by atoms with Crippen LogP contribution in [0.15, 0.2) is 17.5 Å². The van der Waals surface area contributed by atoms with E-state index in [2.05, 4.69) is 34.3 Å². The van der Waals surface area contributed by atoms with Crippen LogP contribution >= 0.6 is 0 Å². The van der Waals surface area contributed by atoms with E-state index in [4.69, 9.17) is 10.5 Å². The summed E-state index contributed by atoms with van der Waals surface area (Å²) in [6, 6.07) is 0. The van der Waals surface area contributed by atoms with Crippen LogP contribution in [0, 0.1) is 28.6 Å². The Balaban J connectivity index is 1.32. The van der Waals surface area contributed by atoms with Crippen LogP contribution in [0.25, 0.3) is 0 Å². The third kappa shape index (κ3) is 3.64. The van der Waals surface area contributed by atoms with Gasteiger partial charge in [0.05, 0.1) is 17.9 Å². The summed E-state index contributed by atoms with van der Waals surface area (Å²) in [7, 11) is 0. The first-order chi connectivity index (χ1) is 16.3. The molecule has 4 aliphatic rings. The molecule has 0 saturated heterocycles. The molecule has 4 fully saturated rings. The number of nitrogens with two attached hydrogens (primary N) is 1. The average Bonchev–Trinajstić information content (AvgIpc) is 3.40. The van der Waals surface area contributed by atoms with Crippen molar-refractivity contribution in [3.05, 3.63) is 12.4 Å². The number of anilines is 1. The molecule has 0 aliphatic heterocycles. The normalized spacial score (nSPS) is 46.1. The number of imidazole rings is 1. The maximum Gasteiger partial charge on any atom is 0.220 e. The van der Waals surface area contributed by atoms with Crippen LogP contribution in [0.4, 0.5) is 5.95 Å². The lowest BCUT2D eigenvalue weighted by Gasteiger charge is -2.64. The summed E-state index contributed by atoms with van der Waals surface area (Å²) in [4.78, 5) is 7.07. The second-order valence-electron chi connectivity index (χ2n) is 11.9. The molecule has 0 amide bonds. The number of hydrazone groups is 1. The molecule has 34 heavy (non-hydrogen) atoms. The highest BCUT2D eigenvalue weighted by Crippen LogP contribution is 2.69. The van der Waals surface area contributed by atoms with Crippen molar-refractivity contribution in [2.75, 3.05) is 18.6 Å². The van der Waals surface area contributed by atoms with E-state index < -0.39 is 16.6 Å². The van der Waals surface area contributed by atoms with Crippen LogP contribution in [0.5, 0.6) is 0 Å². The fraction of sp³-hybridized carbons (Fsp3) is 0.846. The van der Waals surface area contributed by atoms with Crippen LogP contribution in [0.2, 0.25) is 0 Å². The second-order valence-corrected chi connectivity index (χ2v) is 11.9. The van der Waals surface area contributed by atoms with E-state index in [0.717, 1.165) is 58.0 Å². The maximum absolute atomic E-state index is 12.3. The molecule has 1 heterocycles. The van der Waals surface area contributed by atoms with Crippen molar-refractivity contribution in [1.82, 2.24) is 9.97 Å². The van der Waals surface area contributed by atoms with E-state index in [1.165, 1.54) is 0 Å². The lowest BCUT2D eigenvalue weighted by atomic mass is 9.43. The van der Waals surface area contributed by atoms with Gasteiger partial charge in [0.15, 0.2) is 0 Å². The number of H-pyrrole nitrogens is 1. The smallest absolute Gasteiger partial charge is 0.220 e. The zero-order valence-electron chi connectivity index (χ0n) is 20.8. The van der Waals surface area contributed by atoms with Crippen molar-refractivity contribution >= 4 is 12.2 Å². The highest BCUT2D eigenvalue weighted by Gasteiger charge is 2.71. The zero-order chi connectivity index (χ0) is 24.0. The Morgan fingerprint density at radius 1 is 1.18 bits per heavy atom. The summed E-state index contributed by atoms with van der Waals surface area (Å²) in [5.41, 5.74) is 6.13. The van der Waals surface area contributed by atoms with Gasteiger partial charge in [-0.3, -0.25) is 0 Å². The van der Waals surface area contributed by atoms with Crippen molar-refractivity contribution in [2.45, 2.75) is 95.4 Å². The monoisotopic (exact) mass is 473 g/mol. The van der Waals surface area contributed by atoms with Gasteiger partial charge in [0, 0.05) is 24.4 Å². The number of nitrogens with zero attached hydrogens (tertiary/aromatic N) is 2. The van der Waals surface area contributed by atoms with Gasteiger partial charge in [0.2, 0.25) is 5.95 Å². The fourth-order valence-corrected chi connectivity index (χ4v) is 8.46. The van der Waals surface area contributed by atoms with Crippen molar-refractivity contribution < 1.29 is 14.9 Å². The molecular formula is C26H43N5O3. The predicted octanol–water partition coefficient (Wildman–Crippen LogP) is 3.43. The quantitative estimate of drug-likeness (QED) is 0.234. The Morgan fingerprint density at radius 2 is 2.03 bits per heavy atom. The van der Waals surface area contributed by atoms with E-state index in [-0.39, 0.29) is 11.3 Å². The average molecular weight is 474 g/mol. The van der Waals surface area contributed by atoms with Crippen LogP contribution in [-0.2, 0) is 4.74 Å². The van der Waals surface area contributed by atoms with E-state index >= 15 is 0 Å². The lowest BCUT2D eigenvalue weighted by molar-refractivity contribution is -0.225. The van der Waals surface area contributed by atoms with Crippen LogP contribution in [-0.4, -0.2) is 56.9 Å². The van der Waals surface area contributed by atoms with Gasteiger partial charge < -0.3 is 25.7 Å². The summed E-state index contributed by atoms with van der Waals surface area (Å²) in [5.74, 6) is 1.91. The first-order valence-corrected chi connectivity index (χ1v) is 13.3. The lowest BCUT2D eigenvalue weighted by Crippen LogP contribution is -2.65. The fourth-order valence-electron chi connectivity index (χ4n) is 8.46. The van der Waals surface area contributed by atoms with Crippen molar-refractivity contribution in [3.63, 3.8) is 0 Å². The van der Waals surface area contributed by atoms with Gasteiger partial charge in [0.25, 0.3) is 0 Å². The number of ether oxygens (including phenoxy) is 1. The van der Waals surface area contributed by atoms with Crippen molar-refractivity contribution in [1.29, 1.82) is 0 Å². The Bertz CT molecular complexity index is 880. The van der Waals surface area contributed by atoms with E-state index in [1.807, 2.05) is 0 Å². The largest absolute Gasteiger partial charge is 0.389 e. The van der Waals surface area contributed by atoms with Crippen molar-refractivity contribution in [2.24, 2.45) is 39.4 Å². The summed E-state index contributed by atoms with van der Waals surface area (Å²) in [5, 5.41) is 28.4. The van der Waals surface area contributed by atoms with Gasteiger partial charge in [0.1, 0.15) is 5.60 Å². The highest BCUT2D eigenvalue weighted by molar-refractivity contribution is 5.72. The number of rotatable bonds is 7. The number of aliphatic hydroxyl groups is 2. The maximum atomic E-state index is 12.3. The first-order valence-electron chi connectivity index (χ1n) is 13.3. The summed E-state index contributed by atoms with van der Waals surface area (Å²) >= 11 is 0. The summed E-state index contributed by atoms with van der Waals surface area (Å²) in [6.45, 7) is 6.02. The number of aromatic nitrogens is 2. The molecule has 8 heteroatoms. The molecule has 0 unspecified atom stereocenters.